The Morgan fingerprint density at radius 3 is 2.52 bits per heavy atom. The molecule has 0 aromatic heterocycles. The Kier molecular flexibility index (Phi) is 7.22. The van der Waals surface area contributed by atoms with E-state index in [9.17, 15) is 14.7 Å². The van der Waals surface area contributed by atoms with Gasteiger partial charge in [0.1, 0.15) is 11.5 Å². The minimum atomic E-state index is -0.497. The van der Waals surface area contributed by atoms with Crippen molar-refractivity contribution in [1.82, 2.24) is 10.7 Å². The van der Waals surface area contributed by atoms with Crippen LogP contribution in [0.2, 0.25) is 0 Å². The predicted octanol–water partition coefficient (Wildman–Crippen LogP) is 2.98. The van der Waals surface area contributed by atoms with Gasteiger partial charge in [-0.1, -0.05) is 31.4 Å². The van der Waals surface area contributed by atoms with Gasteiger partial charge in [0.25, 0.3) is 11.8 Å². The molecule has 1 aliphatic rings. The molecule has 2 amide bonds. The third-order valence-corrected chi connectivity index (χ3v) is 4.75. The average molecular weight is 395 g/mol. The van der Waals surface area contributed by atoms with E-state index in [0.717, 1.165) is 18.4 Å². The Balaban J connectivity index is 1.43. The molecule has 0 radical (unpaired) electrons. The minimum Gasteiger partial charge on any atom is -0.507 e. The summed E-state index contributed by atoms with van der Waals surface area (Å²) in [5.41, 5.74) is 3.27. The Bertz CT molecular complexity index is 859. The summed E-state index contributed by atoms with van der Waals surface area (Å²) >= 11 is 0. The molecule has 152 valence electrons. The Morgan fingerprint density at radius 1 is 1.07 bits per heavy atom. The van der Waals surface area contributed by atoms with Crippen LogP contribution in [-0.4, -0.2) is 35.8 Å². The Labute approximate surface area is 169 Å². The van der Waals surface area contributed by atoms with Crippen LogP contribution in [0.1, 0.15) is 48.0 Å². The van der Waals surface area contributed by atoms with Crippen LogP contribution in [0.5, 0.6) is 11.5 Å². The van der Waals surface area contributed by atoms with Gasteiger partial charge in [-0.05, 0) is 54.8 Å². The minimum absolute atomic E-state index is 0.0133. The molecule has 7 heteroatoms. The molecule has 2 aromatic carbocycles. The van der Waals surface area contributed by atoms with Crippen molar-refractivity contribution in [3.63, 3.8) is 0 Å². The first-order chi connectivity index (χ1) is 14.1. The lowest BCUT2D eigenvalue weighted by Crippen LogP contribution is -2.38. The van der Waals surface area contributed by atoms with Crippen molar-refractivity contribution in [2.75, 3.05) is 6.61 Å². The van der Waals surface area contributed by atoms with Crippen molar-refractivity contribution in [3.8, 4) is 11.5 Å². The molecule has 2 aromatic rings. The van der Waals surface area contributed by atoms with E-state index in [1.807, 2.05) is 0 Å². The molecule has 0 atom stereocenters. The number of ether oxygens (including phenoxy) is 1. The van der Waals surface area contributed by atoms with Crippen LogP contribution in [0.15, 0.2) is 53.6 Å². The van der Waals surface area contributed by atoms with E-state index in [1.165, 1.54) is 37.6 Å². The zero-order valence-electron chi connectivity index (χ0n) is 16.1. The normalized spacial score (nSPS) is 14.5. The van der Waals surface area contributed by atoms with Gasteiger partial charge in [0, 0.05) is 6.04 Å². The summed E-state index contributed by atoms with van der Waals surface area (Å²) in [4.78, 5) is 23.9. The second kappa shape index (κ2) is 10.3. The van der Waals surface area contributed by atoms with Gasteiger partial charge < -0.3 is 15.2 Å². The molecule has 0 spiro atoms. The van der Waals surface area contributed by atoms with Crippen LogP contribution in [0, 0.1) is 0 Å². The Morgan fingerprint density at radius 2 is 1.79 bits per heavy atom. The van der Waals surface area contributed by atoms with Gasteiger partial charge in [-0.2, -0.15) is 5.10 Å². The third-order valence-electron chi connectivity index (χ3n) is 4.75. The number of nitrogens with one attached hydrogen (secondary N) is 2. The second-order valence-corrected chi connectivity index (χ2v) is 6.98. The molecular formula is C22H25N3O4. The molecule has 29 heavy (non-hydrogen) atoms. The van der Waals surface area contributed by atoms with Crippen molar-refractivity contribution >= 4 is 18.0 Å². The van der Waals surface area contributed by atoms with E-state index in [2.05, 4.69) is 15.8 Å². The maximum atomic E-state index is 12.0. The molecule has 1 fully saturated rings. The molecule has 0 bridgehead atoms. The molecule has 0 unspecified atom stereocenters. The lowest BCUT2D eigenvalue weighted by atomic mass is 9.95. The van der Waals surface area contributed by atoms with Crippen LogP contribution >= 0.6 is 0 Å². The number of para-hydroxylation sites is 1. The molecule has 0 heterocycles. The van der Waals surface area contributed by atoms with E-state index in [4.69, 9.17) is 4.74 Å². The lowest BCUT2D eigenvalue weighted by Gasteiger charge is -2.22. The number of hydrogen-bond donors (Lipinski definition) is 3. The topological polar surface area (TPSA) is 100 Å². The fraction of sp³-hybridized carbons (Fsp3) is 0.318. The van der Waals surface area contributed by atoms with Crippen LogP contribution in [-0.2, 0) is 4.79 Å². The van der Waals surface area contributed by atoms with Gasteiger partial charge in [0.2, 0.25) is 0 Å². The standard InChI is InChI=1S/C22H25N3O4/c26-20-9-5-4-8-19(20)22(28)25-23-14-16-10-12-18(13-11-16)29-15-21(27)24-17-6-2-1-3-7-17/h4-5,8-14,17,26H,1-3,6-7,15H2,(H,24,27)(H,25,28)/b23-14-. The number of benzene rings is 2. The highest BCUT2D eigenvalue weighted by Crippen LogP contribution is 2.17. The number of nitrogens with zero attached hydrogens (tertiary/aromatic N) is 1. The summed E-state index contributed by atoms with van der Waals surface area (Å²) in [6.07, 6.45) is 7.15. The van der Waals surface area contributed by atoms with E-state index in [-0.39, 0.29) is 29.9 Å². The predicted molar refractivity (Wildman–Crippen MR) is 110 cm³/mol. The first-order valence-electron chi connectivity index (χ1n) is 9.75. The molecule has 1 aliphatic carbocycles. The molecule has 0 saturated heterocycles. The van der Waals surface area contributed by atoms with Gasteiger partial charge >= 0.3 is 0 Å². The molecular weight excluding hydrogens is 370 g/mol. The van der Waals surface area contributed by atoms with Crippen molar-refractivity contribution in [2.24, 2.45) is 5.10 Å². The molecule has 7 nitrogen and oxygen atoms in total. The van der Waals surface area contributed by atoms with Gasteiger partial charge in [-0.3, -0.25) is 9.59 Å². The summed E-state index contributed by atoms with van der Waals surface area (Å²) in [7, 11) is 0. The van der Waals surface area contributed by atoms with Gasteiger partial charge in [0.15, 0.2) is 6.61 Å². The van der Waals surface area contributed by atoms with Crippen LogP contribution < -0.4 is 15.5 Å². The summed E-state index contributed by atoms with van der Waals surface area (Å²) in [6.45, 7) is -0.0133. The number of rotatable bonds is 7. The quantitative estimate of drug-likeness (QED) is 0.496. The molecule has 3 N–H and O–H groups in total. The number of hydrazone groups is 1. The number of phenols is 1. The van der Waals surface area contributed by atoms with Crippen LogP contribution in [0.3, 0.4) is 0 Å². The number of carbonyl (C=O) groups excluding carboxylic acids is 2. The monoisotopic (exact) mass is 395 g/mol. The summed E-state index contributed by atoms with van der Waals surface area (Å²) in [6, 6.07) is 13.5. The highest BCUT2D eigenvalue weighted by Gasteiger charge is 2.15. The summed E-state index contributed by atoms with van der Waals surface area (Å²) in [5.74, 6) is -0.119. The zero-order valence-corrected chi connectivity index (χ0v) is 16.1. The molecule has 3 rings (SSSR count). The second-order valence-electron chi connectivity index (χ2n) is 6.98. The fourth-order valence-electron chi connectivity index (χ4n) is 3.21. The Hall–Kier alpha value is -3.35. The first-order valence-corrected chi connectivity index (χ1v) is 9.75. The largest absolute Gasteiger partial charge is 0.507 e. The fourth-order valence-corrected chi connectivity index (χ4v) is 3.21. The van der Waals surface area contributed by atoms with Crippen LogP contribution in [0.4, 0.5) is 0 Å². The van der Waals surface area contributed by atoms with Crippen molar-refractivity contribution in [3.05, 3.63) is 59.7 Å². The zero-order chi connectivity index (χ0) is 20.5. The maximum Gasteiger partial charge on any atom is 0.275 e. The third kappa shape index (κ3) is 6.34. The number of phenolic OH excluding ortho intramolecular Hbond substituents is 1. The van der Waals surface area contributed by atoms with Gasteiger partial charge in [-0.25, -0.2) is 5.43 Å². The van der Waals surface area contributed by atoms with Crippen molar-refractivity contribution in [1.29, 1.82) is 0 Å². The average Bonchev–Trinajstić information content (AvgIpc) is 2.74. The van der Waals surface area contributed by atoms with E-state index < -0.39 is 5.91 Å². The van der Waals surface area contributed by atoms with Crippen LogP contribution in [0.25, 0.3) is 0 Å². The van der Waals surface area contributed by atoms with Gasteiger partial charge in [0.05, 0.1) is 11.8 Å². The van der Waals surface area contributed by atoms with Crippen molar-refractivity contribution in [2.45, 2.75) is 38.1 Å². The molecule has 1 saturated carbocycles. The number of amides is 2. The molecule has 0 aliphatic heterocycles. The SMILES string of the molecule is O=C(COc1ccc(/C=N\NC(=O)c2ccccc2O)cc1)NC1CCCCC1. The van der Waals surface area contributed by atoms with E-state index >= 15 is 0 Å². The first kappa shape index (κ1) is 20.4. The van der Waals surface area contributed by atoms with Gasteiger partial charge in [-0.15, -0.1) is 0 Å². The van der Waals surface area contributed by atoms with E-state index in [1.54, 1.807) is 36.4 Å². The highest BCUT2D eigenvalue weighted by molar-refractivity contribution is 5.97. The smallest absolute Gasteiger partial charge is 0.275 e. The summed E-state index contributed by atoms with van der Waals surface area (Å²) in [5, 5.41) is 16.6. The lowest BCUT2D eigenvalue weighted by molar-refractivity contribution is -0.124. The number of aromatic hydroxyl groups is 1. The number of carbonyl (C=O) groups is 2. The van der Waals surface area contributed by atoms with E-state index in [0.29, 0.717) is 5.75 Å². The maximum absolute atomic E-state index is 12.0. The van der Waals surface area contributed by atoms with Crippen molar-refractivity contribution < 1.29 is 19.4 Å². The number of hydrogen-bond acceptors (Lipinski definition) is 5. The summed E-state index contributed by atoms with van der Waals surface area (Å²) < 4.78 is 5.52. The highest BCUT2D eigenvalue weighted by atomic mass is 16.5.